The van der Waals surface area contributed by atoms with E-state index in [0.29, 0.717) is 36.0 Å². The van der Waals surface area contributed by atoms with Gasteiger partial charge < -0.3 is 24.4 Å². The fourth-order valence-electron chi connectivity index (χ4n) is 3.03. The maximum atomic E-state index is 12.5. The number of rotatable bonds is 6. The zero-order valence-electron chi connectivity index (χ0n) is 16.5. The highest BCUT2D eigenvalue weighted by Crippen LogP contribution is 2.28. The summed E-state index contributed by atoms with van der Waals surface area (Å²) in [6.45, 7) is 3.12. The summed E-state index contributed by atoms with van der Waals surface area (Å²) in [4.78, 5) is 14.8. The second-order valence-electron chi connectivity index (χ2n) is 6.38. The predicted octanol–water partition coefficient (Wildman–Crippen LogP) is 3.09. The van der Waals surface area contributed by atoms with Crippen molar-refractivity contribution < 1.29 is 19.0 Å². The summed E-state index contributed by atoms with van der Waals surface area (Å²) in [5.41, 5.74) is 2.36. The van der Waals surface area contributed by atoms with Gasteiger partial charge in [-0.25, -0.2) is 0 Å². The maximum Gasteiger partial charge on any atom is 0.266 e. The molecule has 0 spiro atoms. The molecule has 0 bridgehead atoms. The van der Waals surface area contributed by atoms with Crippen LogP contribution in [0.3, 0.4) is 0 Å². The van der Waals surface area contributed by atoms with E-state index in [-0.39, 0.29) is 5.57 Å². The molecule has 1 N–H and O–H groups in total. The largest absolute Gasteiger partial charge is 0.493 e. The van der Waals surface area contributed by atoms with Crippen LogP contribution in [0.15, 0.2) is 48.0 Å². The Hall–Kier alpha value is -3.50. The molecule has 0 aliphatic carbocycles. The summed E-state index contributed by atoms with van der Waals surface area (Å²) in [6, 6.07) is 14.7. The topological polar surface area (TPSA) is 83.8 Å². The van der Waals surface area contributed by atoms with Crippen molar-refractivity contribution in [2.24, 2.45) is 0 Å². The minimum atomic E-state index is -0.471. The number of nitrogens with one attached hydrogen (secondary N) is 1. The molecule has 0 saturated carbocycles. The summed E-state index contributed by atoms with van der Waals surface area (Å²) < 4.78 is 15.8. The van der Waals surface area contributed by atoms with Crippen molar-refractivity contribution in [3.8, 4) is 17.6 Å². The van der Waals surface area contributed by atoms with Crippen LogP contribution < -0.4 is 19.7 Å². The summed E-state index contributed by atoms with van der Waals surface area (Å²) in [5.74, 6) is 0.632. The average Bonchev–Trinajstić information content (AvgIpc) is 2.78. The SMILES string of the molecule is COc1ccc(C=C(C#N)C(=O)Nc2ccc(N3CCOCC3)cc2)cc1OC. The van der Waals surface area contributed by atoms with Gasteiger partial charge in [-0.15, -0.1) is 0 Å². The number of nitriles is 1. The predicted molar refractivity (Wildman–Crippen MR) is 111 cm³/mol. The molecule has 1 saturated heterocycles. The molecule has 3 rings (SSSR count). The smallest absolute Gasteiger partial charge is 0.266 e. The van der Waals surface area contributed by atoms with Crippen molar-refractivity contribution in [1.82, 2.24) is 0 Å². The molecule has 150 valence electrons. The van der Waals surface area contributed by atoms with Crippen LogP contribution in [0, 0.1) is 11.3 Å². The Morgan fingerprint density at radius 1 is 1.10 bits per heavy atom. The van der Waals surface area contributed by atoms with Crippen LogP contribution in [-0.4, -0.2) is 46.4 Å². The summed E-state index contributed by atoms with van der Waals surface area (Å²) in [7, 11) is 3.08. The third-order valence-corrected chi connectivity index (χ3v) is 4.59. The molecule has 1 aliphatic heterocycles. The maximum absolute atomic E-state index is 12.5. The van der Waals surface area contributed by atoms with Crippen LogP contribution in [0.4, 0.5) is 11.4 Å². The number of carbonyl (C=O) groups is 1. The van der Waals surface area contributed by atoms with E-state index >= 15 is 0 Å². The first-order valence-corrected chi connectivity index (χ1v) is 9.22. The molecule has 0 unspecified atom stereocenters. The Kier molecular flexibility index (Phi) is 6.72. The van der Waals surface area contributed by atoms with Crippen molar-refractivity contribution in [2.75, 3.05) is 50.7 Å². The first kappa shape index (κ1) is 20.2. The van der Waals surface area contributed by atoms with Crippen LogP contribution in [0.2, 0.25) is 0 Å². The lowest BCUT2D eigenvalue weighted by Gasteiger charge is -2.28. The highest BCUT2D eigenvalue weighted by atomic mass is 16.5. The molecule has 2 aromatic rings. The number of hydrogen-bond acceptors (Lipinski definition) is 6. The van der Waals surface area contributed by atoms with Crippen molar-refractivity contribution in [1.29, 1.82) is 5.26 Å². The van der Waals surface area contributed by atoms with Crippen LogP contribution in [-0.2, 0) is 9.53 Å². The number of morpholine rings is 1. The van der Waals surface area contributed by atoms with Gasteiger partial charge in [-0.05, 0) is 48.0 Å². The molecule has 29 heavy (non-hydrogen) atoms. The monoisotopic (exact) mass is 393 g/mol. The Balaban J connectivity index is 1.71. The highest BCUT2D eigenvalue weighted by Gasteiger charge is 2.13. The standard InChI is InChI=1S/C22H23N3O4/c1-27-20-8-3-16(14-21(20)28-2)13-17(15-23)22(26)24-18-4-6-19(7-5-18)25-9-11-29-12-10-25/h3-8,13-14H,9-12H2,1-2H3,(H,24,26). The van der Waals surface area contributed by atoms with E-state index in [2.05, 4.69) is 10.2 Å². The third kappa shape index (κ3) is 5.06. The third-order valence-electron chi connectivity index (χ3n) is 4.59. The lowest BCUT2D eigenvalue weighted by molar-refractivity contribution is -0.112. The van der Waals surface area contributed by atoms with E-state index in [1.165, 1.54) is 13.2 Å². The van der Waals surface area contributed by atoms with Gasteiger partial charge in [0.25, 0.3) is 5.91 Å². The number of ether oxygens (including phenoxy) is 3. The Bertz CT molecular complexity index is 926. The number of hydrogen-bond donors (Lipinski definition) is 1. The van der Waals surface area contributed by atoms with E-state index in [0.717, 1.165) is 18.8 Å². The molecule has 0 atom stereocenters. The molecule has 1 amide bonds. The molecule has 7 nitrogen and oxygen atoms in total. The van der Waals surface area contributed by atoms with Gasteiger partial charge in [0.05, 0.1) is 27.4 Å². The fourth-order valence-corrected chi connectivity index (χ4v) is 3.03. The quantitative estimate of drug-likeness (QED) is 0.600. The van der Waals surface area contributed by atoms with Gasteiger partial charge in [-0.3, -0.25) is 4.79 Å². The molecule has 1 aliphatic rings. The number of methoxy groups -OCH3 is 2. The van der Waals surface area contributed by atoms with Crippen LogP contribution in [0.1, 0.15) is 5.56 Å². The first-order valence-electron chi connectivity index (χ1n) is 9.22. The molecule has 0 radical (unpaired) electrons. The summed E-state index contributed by atoms with van der Waals surface area (Å²) >= 11 is 0. The van der Waals surface area contributed by atoms with Crippen molar-refractivity contribution in [3.63, 3.8) is 0 Å². The van der Waals surface area contributed by atoms with Crippen LogP contribution in [0.5, 0.6) is 11.5 Å². The molecule has 1 fully saturated rings. The van der Waals surface area contributed by atoms with Gasteiger partial charge in [0.1, 0.15) is 11.6 Å². The normalized spacial score (nSPS) is 14.1. The zero-order chi connectivity index (χ0) is 20.6. The Morgan fingerprint density at radius 2 is 1.79 bits per heavy atom. The van der Waals surface area contributed by atoms with E-state index in [9.17, 15) is 10.1 Å². The Labute approximate surface area is 170 Å². The lowest BCUT2D eigenvalue weighted by atomic mass is 10.1. The van der Waals surface area contributed by atoms with Gasteiger partial charge in [0, 0.05) is 24.5 Å². The van der Waals surface area contributed by atoms with Gasteiger partial charge in [0.15, 0.2) is 11.5 Å². The van der Waals surface area contributed by atoms with E-state index in [4.69, 9.17) is 14.2 Å². The van der Waals surface area contributed by atoms with Gasteiger partial charge in [0.2, 0.25) is 0 Å². The molecule has 7 heteroatoms. The Morgan fingerprint density at radius 3 is 2.41 bits per heavy atom. The van der Waals surface area contributed by atoms with Crippen molar-refractivity contribution in [2.45, 2.75) is 0 Å². The summed E-state index contributed by atoms with van der Waals surface area (Å²) in [6.07, 6.45) is 1.51. The molecular formula is C22H23N3O4. The van der Waals surface area contributed by atoms with Gasteiger partial charge in [-0.2, -0.15) is 5.26 Å². The lowest BCUT2D eigenvalue weighted by Crippen LogP contribution is -2.36. The zero-order valence-corrected chi connectivity index (χ0v) is 16.5. The highest BCUT2D eigenvalue weighted by molar-refractivity contribution is 6.09. The summed E-state index contributed by atoms with van der Waals surface area (Å²) in [5, 5.41) is 12.2. The minimum absolute atomic E-state index is 0.00512. The number of nitrogens with zero attached hydrogens (tertiary/aromatic N) is 2. The minimum Gasteiger partial charge on any atom is -0.493 e. The molecule has 2 aromatic carbocycles. The van der Waals surface area contributed by atoms with E-state index in [1.807, 2.05) is 30.3 Å². The van der Waals surface area contributed by atoms with Crippen LogP contribution in [0.25, 0.3) is 6.08 Å². The van der Waals surface area contributed by atoms with Crippen molar-refractivity contribution >= 4 is 23.4 Å². The molecule has 1 heterocycles. The van der Waals surface area contributed by atoms with Crippen LogP contribution >= 0.6 is 0 Å². The number of benzene rings is 2. The number of carbonyl (C=O) groups excluding carboxylic acids is 1. The first-order chi connectivity index (χ1) is 14.1. The number of anilines is 2. The number of amides is 1. The van der Waals surface area contributed by atoms with Crippen molar-refractivity contribution in [3.05, 3.63) is 53.6 Å². The van der Waals surface area contributed by atoms with E-state index in [1.54, 1.807) is 25.3 Å². The fraction of sp³-hybridized carbons (Fsp3) is 0.273. The van der Waals surface area contributed by atoms with Gasteiger partial charge in [-0.1, -0.05) is 6.07 Å². The van der Waals surface area contributed by atoms with E-state index < -0.39 is 5.91 Å². The molecule has 0 aromatic heterocycles. The second kappa shape index (κ2) is 9.62. The average molecular weight is 393 g/mol. The van der Waals surface area contributed by atoms with Gasteiger partial charge >= 0.3 is 0 Å². The molecular weight excluding hydrogens is 370 g/mol. The second-order valence-corrected chi connectivity index (χ2v) is 6.38.